The number of hydrogen-bond acceptors (Lipinski definition) is 1. The molecule has 0 spiro atoms. The second kappa shape index (κ2) is 4.79. The summed E-state index contributed by atoms with van der Waals surface area (Å²) in [6.07, 6.45) is 7.48. The normalized spacial score (nSPS) is 11.5. The summed E-state index contributed by atoms with van der Waals surface area (Å²) < 4.78 is 0. The predicted octanol–water partition coefficient (Wildman–Crippen LogP) is 4.47. The van der Waals surface area contributed by atoms with Crippen LogP contribution in [0.1, 0.15) is 18.1 Å². The third kappa shape index (κ3) is 2.04. The molecule has 1 aromatic carbocycles. The van der Waals surface area contributed by atoms with Crippen molar-refractivity contribution in [1.29, 1.82) is 0 Å². The zero-order chi connectivity index (χ0) is 12.3. The third-order valence-electron chi connectivity index (χ3n) is 2.79. The smallest absolute Gasteiger partial charge is 0.0782 e. The van der Waals surface area contributed by atoms with Crippen molar-refractivity contribution in [2.24, 2.45) is 0 Å². The molecule has 0 aliphatic rings. The Hall–Kier alpha value is -2.15. The first-order valence-electron chi connectivity index (χ1n) is 5.58. The summed E-state index contributed by atoms with van der Waals surface area (Å²) in [4.78, 5) is 4.47. The maximum Gasteiger partial charge on any atom is 0.0782 e. The molecule has 0 aliphatic carbocycles. The Balaban J connectivity index is 2.84. The number of rotatable bonds is 3. The molecule has 0 radical (unpaired) electrons. The van der Waals surface area contributed by atoms with Crippen LogP contribution in [0.2, 0.25) is 0 Å². The van der Waals surface area contributed by atoms with Crippen molar-refractivity contribution >= 4 is 22.6 Å². The van der Waals surface area contributed by atoms with Crippen LogP contribution in [0, 0.1) is 0 Å². The van der Waals surface area contributed by atoms with Gasteiger partial charge < -0.3 is 0 Å². The second-order valence-corrected chi connectivity index (χ2v) is 3.89. The van der Waals surface area contributed by atoms with Crippen LogP contribution in [0.15, 0.2) is 55.8 Å². The average molecular weight is 221 g/mol. The predicted molar refractivity (Wildman–Crippen MR) is 75.7 cm³/mol. The van der Waals surface area contributed by atoms with E-state index in [0.717, 1.165) is 27.6 Å². The summed E-state index contributed by atoms with van der Waals surface area (Å²) in [6, 6.07) is 8.17. The van der Waals surface area contributed by atoms with Crippen molar-refractivity contribution in [2.45, 2.75) is 6.92 Å². The summed E-state index contributed by atoms with van der Waals surface area (Å²) in [5.74, 6) is 0. The molecular formula is C16H15N. The SMILES string of the molecule is C=C/C=C(/C)c1c(C=C)ccc2cccnc12. The average Bonchev–Trinajstić information content (AvgIpc) is 2.37. The quantitative estimate of drug-likeness (QED) is 0.697. The number of nitrogens with zero attached hydrogens (tertiary/aromatic N) is 1. The molecule has 2 aromatic rings. The van der Waals surface area contributed by atoms with Gasteiger partial charge in [-0.15, -0.1) is 0 Å². The highest BCUT2D eigenvalue weighted by molar-refractivity contribution is 5.94. The zero-order valence-electron chi connectivity index (χ0n) is 9.98. The minimum atomic E-state index is 1.01. The lowest BCUT2D eigenvalue weighted by Gasteiger charge is -2.09. The summed E-state index contributed by atoms with van der Waals surface area (Å²) in [7, 11) is 0. The molecule has 0 bridgehead atoms. The minimum absolute atomic E-state index is 1.01. The van der Waals surface area contributed by atoms with Crippen molar-refractivity contribution in [3.05, 3.63) is 66.9 Å². The van der Waals surface area contributed by atoms with Gasteiger partial charge in [0.2, 0.25) is 0 Å². The van der Waals surface area contributed by atoms with Gasteiger partial charge in [0.25, 0.3) is 0 Å². The molecule has 84 valence electrons. The fourth-order valence-electron chi connectivity index (χ4n) is 2.01. The van der Waals surface area contributed by atoms with Crippen molar-refractivity contribution in [3.63, 3.8) is 0 Å². The first kappa shape index (κ1) is 11.3. The van der Waals surface area contributed by atoms with Crippen LogP contribution in [0.5, 0.6) is 0 Å². The topological polar surface area (TPSA) is 12.9 Å². The van der Waals surface area contributed by atoms with E-state index in [1.807, 2.05) is 24.4 Å². The molecule has 1 heteroatoms. The minimum Gasteiger partial charge on any atom is -0.256 e. The molecule has 17 heavy (non-hydrogen) atoms. The lowest BCUT2D eigenvalue weighted by Crippen LogP contribution is -1.90. The van der Waals surface area contributed by atoms with Gasteiger partial charge in [0.1, 0.15) is 0 Å². The Bertz CT molecular complexity index is 606. The van der Waals surface area contributed by atoms with Gasteiger partial charge in [-0.2, -0.15) is 0 Å². The van der Waals surface area contributed by atoms with E-state index in [9.17, 15) is 0 Å². The Morgan fingerprint density at radius 1 is 1.24 bits per heavy atom. The van der Waals surface area contributed by atoms with Crippen LogP contribution in [0.3, 0.4) is 0 Å². The van der Waals surface area contributed by atoms with Crippen LogP contribution in [-0.4, -0.2) is 4.98 Å². The number of benzene rings is 1. The molecule has 0 saturated heterocycles. The van der Waals surface area contributed by atoms with E-state index in [-0.39, 0.29) is 0 Å². The number of aromatic nitrogens is 1. The molecule has 1 aromatic heterocycles. The van der Waals surface area contributed by atoms with Crippen molar-refractivity contribution < 1.29 is 0 Å². The highest BCUT2D eigenvalue weighted by Crippen LogP contribution is 2.27. The van der Waals surface area contributed by atoms with Gasteiger partial charge in [-0.05, 0) is 24.1 Å². The number of hydrogen-bond donors (Lipinski definition) is 0. The van der Waals surface area contributed by atoms with Crippen LogP contribution in [0.25, 0.3) is 22.6 Å². The van der Waals surface area contributed by atoms with E-state index in [0.29, 0.717) is 0 Å². The molecule has 0 fully saturated rings. The lowest BCUT2D eigenvalue weighted by molar-refractivity contribution is 1.39. The Morgan fingerprint density at radius 2 is 2.06 bits per heavy atom. The standard InChI is InChI=1S/C16H15N/c1-4-7-12(3)15-13(5-2)9-10-14-8-6-11-17-16(14)15/h4-11H,1-2H2,3H3/b12-7-. The summed E-state index contributed by atoms with van der Waals surface area (Å²) in [6.45, 7) is 9.67. The van der Waals surface area contributed by atoms with Gasteiger partial charge in [0.15, 0.2) is 0 Å². The number of pyridine rings is 1. The molecule has 0 N–H and O–H groups in total. The van der Waals surface area contributed by atoms with Gasteiger partial charge in [0, 0.05) is 17.1 Å². The van der Waals surface area contributed by atoms with Gasteiger partial charge in [0.05, 0.1) is 5.52 Å². The molecule has 1 nitrogen and oxygen atoms in total. The van der Waals surface area contributed by atoms with Crippen molar-refractivity contribution in [3.8, 4) is 0 Å². The van der Waals surface area contributed by atoms with E-state index in [1.54, 1.807) is 6.08 Å². The molecule has 0 saturated carbocycles. The largest absolute Gasteiger partial charge is 0.256 e. The van der Waals surface area contributed by atoms with Crippen molar-refractivity contribution in [2.75, 3.05) is 0 Å². The van der Waals surface area contributed by atoms with Crippen LogP contribution >= 0.6 is 0 Å². The summed E-state index contributed by atoms with van der Waals surface area (Å²) in [5, 5.41) is 1.14. The number of allylic oxidation sites excluding steroid dienone is 3. The van der Waals surface area contributed by atoms with Crippen LogP contribution in [-0.2, 0) is 0 Å². The fourth-order valence-corrected chi connectivity index (χ4v) is 2.01. The third-order valence-corrected chi connectivity index (χ3v) is 2.79. The van der Waals surface area contributed by atoms with Crippen LogP contribution < -0.4 is 0 Å². The second-order valence-electron chi connectivity index (χ2n) is 3.89. The maximum atomic E-state index is 4.47. The van der Waals surface area contributed by atoms with E-state index >= 15 is 0 Å². The van der Waals surface area contributed by atoms with E-state index in [2.05, 4.69) is 43.3 Å². The maximum absolute atomic E-state index is 4.47. The molecule has 0 amide bonds. The van der Waals surface area contributed by atoms with Crippen molar-refractivity contribution in [1.82, 2.24) is 4.98 Å². The van der Waals surface area contributed by atoms with E-state index < -0.39 is 0 Å². The van der Waals surface area contributed by atoms with Gasteiger partial charge in [-0.25, -0.2) is 0 Å². The summed E-state index contributed by atoms with van der Waals surface area (Å²) >= 11 is 0. The fraction of sp³-hybridized carbons (Fsp3) is 0.0625. The molecule has 0 atom stereocenters. The van der Waals surface area contributed by atoms with Crippen LogP contribution in [0.4, 0.5) is 0 Å². The highest BCUT2D eigenvalue weighted by Gasteiger charge is 2.07. The van der Waals surface area contributed by atoms with E-state index in [4.69, 9.17) is 0 Å². The highest BCUT2D eigenvalue weighted by atomic mass is 14.6. The first-order valence-corrected chi connectivity index (χ1v) is 5.58. The Morgan fingerprint density at radius 3 is 2.76 bits per heavy atom. The van der Waals surface area contributed by atoms with Gasteiger partial charge in [-0.3, -0.25) is 4.98 Å². The molecule has 0 unspecified atom stereocenters. The Kier molecular flexibility index (Phi) is 3.20. The zero-order valence-corrected chi connectivity index (χ0v) is 9.98. The number of fused-ring (bicyclic) bond motifs is 1. The first-order chi connectivity index (χ1) is 8.27. The lowest BCUT2D eigenvalue weighted by atomic mass is 9.97. The molecule has 0 aliphatic heterocycles. The molecule has 1 heterocycles. The van der Waals surface area contributed by atoms with E-state index in [1.165, 1.54) is 0 Å². The summed E-state index contributed by atoms with van der Waals surface area (Å²) in [5.41, 5.74) is 4.41. The molecule has 2 rings (SSSR count). The molecular weight excluding hydrogens is 206 g/mol. The van der Waals surface area contributed by atoms with Gasteiger partial charge in [-0.1, -0.05) is 49.6 Å². The Labute approximate surface area is 102 Å². The van der Waals surface area contributed by atoms with Gasteiger partial charge >= 0.3 is 0 Å². The monoisotopic (exact) mass is 221 g/mol.